The number of pyridine rings is 1. The normalized spacial score (nSPS) is 14.1. The van der Waals surface area contributed by atoms with Crippen LogP contribution in [0.15, 0.2) is 42.7 Å². The molecule has 1 aliphatic rings. The summed E-state index contributed by atoms with van der Waals surface area (Å²) < 4.78 is 0. The third-order valence-corrected chi connectivity index (χ3v) is 6.02. The minimum absolute atomic E-state index is 0.0501. The standard InChI is InChI=1S/C22H24Cl2N8O2/c1-30-8-10-31(11-9-30)19-14-28-22(29-21(19)17-4-2-15(23)12-18(17)24)26-7-6-25-20-5-3-16(13-27-20)32(33)34/h2-5,12-14H,6-11H2,1H3,(H,25,27)(H,26,28,29). The molecule has 0 amide bonds. The van der Waals surface area contributed by atoms with Gasteiger partial charge in [0.15, 0.2) is 0 Å². The van der Waals surface area contributed by atoms with Crippen molar-refractivity contribution in [3.8, 4) is 11.3 Å². The zero-order valence-corrected chi connectivity index (χ0v) is 20.1. The van der Waals surface area contributed by atoms with Crippen molar-refractivity contribution in [2.75, 3.05) is 61.8 Å². The topological polar surface area (TPSA) is 112 Å². The van der Waals surface area contributed by atoms with Gasteiger partial charge in [0, 0.05) is 55.9 Å². The number of anilines is 3. The summed E-state index contributed by atoms with van der Waals surface area (Å²) in [7, 11) is 2.11. The van der Waals surface area contributed by atoms with E-state index in [2.05, 4.69) is 37.4 Å². The predicted molar refractivity (Wildman–Crippen MR) is 135 cm³/mol. The molecule has 0 aliphatic carbocycles. The second kappa shape index (κ2) is 10.8. The first-order valence-corrected chi connectivity index (χ1v) is 11.5. The number of nitro groups is 1. The van der Waals surface area contributed by atoms with Crippen molar-refractivity contribution in [3.05, 3.63) is 62.9 Å². The molecule has 10 nitrogen and oxygen atoms in total. The molecule has 2 N–H and O–H groups in total. The lowest BCUT2D eigenvalue weighted by molar-refractivity contribution is -0.385. The van der Waals surface area contributed by atoms with E-state index in [1.54, 1.807) is 18.2 Å². The van der Waals surface area contributed by atoms with Crippen molar-refractivity contribution < 1.29 is 4.92 Å². The second-order valence-electron chi connectivity index (χ2n) is 7.85. The molecule has 12 heteroatoms. The molecule has 0 saturated carbocycles. The van der Waals surface area contributed by atoms with Crippen LogP contribution < -0.4 is 15.5 Å². The molecular weight excluding hydrogens is 479 g/mol. The Balaban J connectivity index is 1.48. The Bertz CT molecular complexity index is 1150. The Morgan fingerprint density at radius 2 is 1.79 bits per heavy atom. The molecule has 0 bridgehead atoms. The van der Waals surface area contributed by atoms with Gasteiger partial charge in [0.1, 0.15) is 17.7 Å². The maximum Gasteiger partial charge on any atom is 0.287 e. The Labute approximate surface area is 207 Å². The lowest BCUT2D eigenvalue weighted by Gasteiger charge is -2.34. The fraction of sp³-hybridized carbons (Fsp3) is 0.318. The van der Waals surface area contributed by atoms with E-state index in [0.29, 0.717) is 34.9 Å². The van der Waals surface area contributed by atoms with Gasteiger partial charge in [0.05, 0.1) is 21.8 Å². The molecule has 0 spiro atoms. The largest absolute Gasteiger partial charge is 0.368 e. The Morgan fingerprint density at radius 1 is 1.03 bits per heavy atom. The highest BCUT2D eigenvalue weighted by Crippen LogP contribution is 2.36. The Kier molecular flexibility index (Phi) is 7.61. The van der Waals surface area contributed by atoms with Crippen LogP contribution in [0.1, 0.15) is 0 Å². The summed E-state index contributed by atoms with van der Waals surface area (Å²) in [6.45, 7) is 4.69. The number of halogens is 2. The number of rotatable bonds is 8. The van der Waals surface area contributed by atoms with Crippen LogP contribution in [0.4, 0.5) is 23.1 Å². The summed E-state index contributed by atoms with van der Waals surface area (Å²) in [5.41, 5.74) is 2.41. The van der Waals surface area contributed by atoms with Crippen LogP contribution in [0.2, 0.25) is 10.0 Å². The molecule has 3 heterocycles. The first-order valence-electron chi connectivity index (χ1n) is 10.7. The highest BCUT2D eigenvalue weighted by molar-refractivity contribution is 6.36. The van der Waals surface area contributed by atoms with Crippen molar-refractivity contribution in [2.24, 2.45) is 0 Å². The van der Waals surface area contributed by atoms with Gasteiger partial charge in [-0.1, -0.05) is 23.2 Å². The number of hydrogen-bond donors (Lipinski definition) is 2. The quantitative estimate of drug-likeness (QED) is 0.267. The number of nitrogens with one attached hydrogen (secondary N) is 2. The molecule has 3 aromatic rings. The van der Waals surface area contributed by atoms with Gasteiger partial charge >= 0.3 is 0 Å². The van der Waals surface area contributed by atoms with Gasteiger partial charge in [-0.25, -0.2) is 15.0 Å². The van der Waals surface area contributed by atoms with Gasteiger partial charge in [-0.3, -0.25) is 10.1 Å². The van der Waals surface area contributed by atoms with E-state index in [-0.39, 0.29) is 5.69 Å². The SMILES string of the molecule is CN1CCN(c2cnc(NCCNc3ccc([N+](=O)[O-])cn3)nc2-c2ccc(Cl)cc2Cl)CC1. The van der Waals surface area contributed by atoms with Crippen LogP contribution in [-0.4, -0.2) is 71.1 Å². The smallest absolute Gasteiger partial charge is 0.287 e. The highest BCUT2D eigenvalue weighted by atomic mass is 35.5. The van der Waals surface area contributed by atoms with Crippen molar-refractivity contribution in [2.45, 2.75) is 0 Å². The van der Waals surface area contributed by atoms with Gasteiger partial charge in [0.2, 0.25) is 5.95 Å². The molecule has 1 saturated heterocycles. The fourth-order valence-corrected chi connectivity index (χ4v) is 4.08. The highest BCUT2D eigenvalue weighted by Gasteiger charge is 2.21. The minimum atomic E-state index is -0.480. The van der Waals surface area contributed by atoms with Gasteiger partial charge in [-0.15, -0.1) is 0 Å². The summed E-state index contributed by atoms with van der Waals surface area (Å²) in [6.07, 6.45) is 3.05. The maximum absolute atomic E-state index is 10.7. The molecule has 0 radical (unpaired) electrons. The summed E-state index contributed by atoms with van der Waals surface area (Å²) in [4.78, 5) is 28.1. The third-order valence-electron chi connectivity index (χ3n) is 5.47. The zero-order valence-electron chi connectivity index (χ0n) is 18.5. The second-order valence-corrected chi connectivity index (χ2v) is 8.70. The molecule has 34 heavy (non-hydrogen) atoms. The van der Waals surface area contributed by atoms with Crippen molar-refractivity contribution in [1.82, 2.24) is 19.9 Å². The first kappa shape index (κ1) is 23.9. The predicted octanol–water partition coefficient (Wildman–Crippen LogP) is 4.03. The van der Waals surface area contributed by atoms with E-state index in [1.165, 1.54) is 12.3 Å². The van der Waals surface area contributed by atoms with E-state index in [0.717, 1.165) is 43.1 Å². The van der Waals surface area contributed by atoms with Crippen LogP contribution in [0.25, 0.3) is 11.3 Å². The van der Waals surface area contributed by atoms with E-state index >= 15 is 0 Å². The molecule has 4 rings (SSSR count). The van der Waals surface area contributed by atoms with Crippen molar-refractivity contribution in [3.63, 3.8) is 0 Å². The Morgan fingerprint density at radius 3 is 2.47 bits per heavy atom. The van der Waals surface area contributed by atoms with Gasteiger partial charge in [-0.05, 0) is 31.3 Å². The van der Waals surface area contributed by atoms with E-state index in [4.69, 9.17) is 28.2 Å². The number of likely N-dealkylation sites (N-methyl/N-ethyl adjacent to an activating group) is 1. The molecule has 0 unspecified atom stereocenters. The van der Waals surface area contributed by atoms with Gasteiger partial charge in [0.25, 0.3) is 5.69 Å². The first-order chi connectivity index (χ1) is 16.4. The molecule has 1 fully saturated rings. The van der Waals surface area contributed by atoms with E-state index < -0.39 is 4.92 Å². The minimum Gasteiger partial charge on any atom is -0.368 e. The average molecular weight is 503 g/mol. The molecule has 178 valence electrons. The summed E-state index contributed by atoms with van der Waals surface area (Å²) >= 11 is 12.6. The third kappa shape index (κ3) is 5.82. The van der Waals surface area contributed by atoms with Crippen molar-refractivity contribution in [1.29, 1.82) is 0 Å². The maximum atomic E-state index is 10.7. The van der Waals surface area contributed by atoms with Crippen LogP contribution in [-0.2, 0) is 0 Å². The van der Waals surface area contributed by atoms with Crippen LogP contribution in [0.3, 0.4) is 0 Å². The lowest BCUT2D eigenvalue weighted by atomic mass is 10.1. The number of aromatic nitrogens is 3. The molecule has 2 aromatic heterocycles. The zero-order chi connectivity index (χ0) is 24.1. The fourth-order valence-electron chi connectivity index (χ4n) is 3.58. The lowest BCUT2D eigenvalue weighted by Crippen LogP contribution is -2.44. The molecule has 0 atom stereocenters. The van der Waals surface area contributed by atoms with Gasteiger partial charge < -0.3 is 20.4 Å². The van der Waals surface area contributed by atoms with Crippen LogP contribution in [0, 0.1) is 10.1 Å². The summed E-state index contributed by atoms with van der Waals surface area (Å²) in [5, 5.41) is 18.1. The molecular formula is C22H24Cl2N8O2. The van der Waals surface area contributed by atoms with Crippen LogP contribution >= 0.6 is 23.2 Å². The summed E-state index contributed by atoms with van der Waals surface area (Å²) in [6, 6.07) is 8.36. The van der Waals surface area contributed by atoms with E-state index in [1.807, 2.05) is 12.3 Å². The number of hydrogen-bond acceptors (Lipinski definition) is 9. The van der Waals surface area contributed by atoms with Crippen LogP contribution in [0.5, 0.6) is 0 Å². The number of piperazine rings is 1. The van der Waals surface area contributed by atoms with Gasteiger partial charge in [-0.2, -0.15) is 0 Å². The number of benzene rings is 1. The molecule has 1 aliphatic heterocycles. The molecule has 1 aromatic carbocycles. The monoisotopic (exact) mass is 502 g/mol. The average Bonchev–Trinajstić information content (AvgIpc) is 2.83. The van der Waals surface area contributed by atoms with Crippen molar-refractivity contribution >= 4 is 46.3 Å². The van der Waals surface area contributed by atoms with E-state index in [9.17, 15) is 10.1 Å². The Hall–Kier alpha value is -3.21. The summed E-state index contributed by atoms with van der Waals surface area (Å²) in [5.74, 6) is 1.02. The number of nitrogens with zero attached hydrogens (tertiary/aromatic N) is 6.